The molecular formula is C24H22O. The number of fused-ring (bicyclic) bond motifs is 1. The molecule has 4 rings (SSSR count). The van der Waals surface area contributed by atoms with Crippen molar-refractivity contribution in [1.29, 1.82) is 0 Å². The lowest BCUT2D eigenvalue weighted by Crippen LogP contribution is -2.30. The second-order valence-corrected chi connectivity index (χ2v) is 6.75. The number of allylic oxidation sites excluding steroid dienone is 1. The van der Waals surface area contributed by atoms with E-state index in [0.717, 1.165) is 12.2 Å². The highest BCUT2D eigenvalue weighted by atomic mass is 16.5. The van der Waals surface area contributed by atoms with Crippen molar-refractivity contribution < 1.29 is 4.74 Å². The predicted octanol–water partition coefficient (Wildman–Crippen LogP) is 5.56. The Labute approximate surface area is 149 Å². The Hall–Kier alpha value is -2.80. The molecule has 0 heterocycles. The van der Waals surface area contributed by atoms with E-state index in [1.165, 1.54) is 27.8 Å². The molecule has 1 atom stereocenters. The first-order chi connectivity index (χ1) is 12.2. The molecule has 0 aromatic heterocycles. The SMILES string of the molecule is COc1cccc2c1C=CC(c1ccccc1)(c1ccc(C)cc1)C2. The Bertz CT molecular complexity index is 907. The molecule has 0 radical (unpaired) electrons. The zero-order valence-corrected chi connectivity index (χ0v) is 14.7. The second kappa shape index (κ2) is 6.25. The lowest BCUT2D eigenvalue weighted by atomic mass is 9.67. The summed E-state index contributed by atoms with van der Waals surface area (Å²) in [5.74, 6) is 0.944. The third-order valence-electron chi connectivity index (χ3n) is 5.24. The van der Waals surface area contributed by atoms with Gasteiger partial charge < -0.3 is 4.74 Å². The molecule has 1 nitrogen and oxygen atoms in total. The van der Waals surface area contributed by atoms with E-state index in [9.17, 15) is 0 Å². The van der Waals surface area contributed by atoms with Gasteiger partial charge in [-0.2, -0.15) is 0 Å². The Morgan fingerprint density at radius 1 is 0.800 bits per heavy atom. The number of benzene rings is 3. The van der Waals surface area contributed by atoms with Crippen molar-refractivity contribution in [2.24, 2.45) is 0 Å². The van der Waals surface area contributed by atoms with Gasteiger partial charge in [-0.1, -0.05) is 84.4 Å². The minimum atomic E-state index is -0.145. The van der Waals surface area contributed by atoms with Gasteiger partial charge >= 0.3 is 0 Å². The van der Waals surface area contributed by atoms with E-state index in [1.54, 1.807) is 7.11 Å². The quantitative estimate of drug-likeness (QED) is 0.612. The first-order valence-electron chi connectivity index (χ1n) is 8.71. The molecule has 1 aliphatic rings. The maximum atomic E-state index is 5.56. The summed E-state index contributed by atoms with van der Waals surface area (Å²) in [5, 5.41) is 0. The number of ether oxygens (including phenoxy) is 1. The summed E-state index contributed by atoms with van der Waals surface area (Å²) in [5.41, 5.74) is 6.32. The van der Waals surface area contributed by atoms with Crippen molar-refractivity contribution >= 4 is 6.08 Å². The van der Waals surface area contributed by atoms with E-state index in [0.29, 0.717) is 0 Å². The molecule has 0 spiro atoms. The Morgan fingerprint density at radius 2 is 1.52 bits per heavy atom. The highest BCUT2D eigenvalue weighted by molar-refractivity contribution is 5.68. The smallest absolute Gasteiger partial charge is 0.126 e. The molecule has 0 saturated heterocycles. The molecule has 3 aromatic carbocycles. The standard InChI is InChI=1S/C24H22O/c1-18-11-13-21(14-12-18)24(20-8-4-3-5-9-20)16-15-22-19(17-24)7-6-10-23(22)25-2/h3-16H,17H2,1-2H3. The Kier molecular flexibility index (Phi) is 3.93. The van der Waals surface area contributed by atoms with Crippen molar-refractivity contribution in [3.8, 4) is 5.75 Å². The fraction of sp³-hybridized carbons (Fsp3) is 0.167. The Morgan fingerprint density at radius 3 is 2.24 bits per heavy atom. The summed E-state index contributed by atoms with van der Waals surface area (Å²) < 4.78 is 5.56. The van der Waals surface area contributed by atoms with Crippen LogP contribution in [0, 0.1) is 6.92 Å². The summed E-state index contributed by atoms with van der Waals surface area (Å²) in [4.78, 5) is 0. The summed E-state index contributed by atoms with van der Waals surface area (Å²) in [6.07, 6.45) is 5.51. The van der Waals surface area contributed by atoms with Crippen molar-refractivity contribution in [1.82, 2.24) is 0 Å². The lowest BCUT2D eigenvalue weighted by molar-refractivity contribution is 0.412. The number of aryl methyl sites for hydroxylation is 1. The minimum Gasteiger partial charge on any atom is -0.496 e. The highest BCUT2D eigenvalue weighted by Crippen LogP contribution is 2.43. The molecule has 0 fully saturated rings. The van der Waals surface area contributed by atoms with Gasteiger partial charge in [0.25, 0.3) is 0 Å². The molecular weight excluding hydrogens is 304 g/mol. The molecule has 1 heteroatoms. The fourth-order valence-corrected chi connectivity index (χ4v) is 3.85. The van der Waals surface area contributed by atoms with Crippen LogP contribution in [-0.2, 0) is 11.8 Å². The van der Waals surface area contributed by atoms with Crippen molar-refractivity contribution in [2.75, 3.05) is 7.11 Å². The second-order valence-electron chi connectivity index (χ2n) is 6.75. The van der Waals surface area contributed by atoms with Gasteiger partial charge in [0.2, 0.25) is 0 Å². The van der Waals surface area contributed by atoms with Crippen molar-refractivity contribution in [3.05, 3.63) is 107 Å². The van der Waals surface area contributed by atoms with Crippen LogP contribution in [0.25, 0.3) is 6.08 Å². The summed E-state index contributed by atoms with van der Waals surface area (Å²) in [7, 11) is 1.74. The first kappa shape index (κ1) is 15.7. The van der Waals surface area contributed by atoms with E-state index >= 15 is 0 Å². The molecule has 0 amide bonds. The number of methoxy groups -OCH3 is 1. The van der Waals surface area contributed by atoms with Crippen molar-refractivity contribution in [2.45, 2.75) is 18.8 Å². The first-order valence-corrected chi connectivity index (χ1v) is 8.71. The monoisotopic (exact) mass is 326 g/mol. The van der Waals surface area contributed by atoms with Crippen LogP contribution in [0.5, 0.6) is 5.75 Å². The molecule has 124 valence electrons. The van der Waals surface area contributed by atoms with Crippen LogP contribution in [0.1, 0.15) is 27.8 Å². The van der Waals surface area contributed by atoms with E-state index in [-0.39, 0.29) is 5.41 Å². The Balaban J connectivity index is 1.91. The number of hydrogen-bond acceptors (Lipinski definition) is 1. The molecule has 0 bridgehead atoms. The highest BCUT2D eigenvalue weighted by Gasteiger charge is 2.35. The van der Waals surface area contributed by atoms with Crippen LogP contribution in [0.4, 0.5) is 0 Å². The predicted molar refractivity (Wildman–Crippen MR) is 104 cm³/mol. The minimum absolute atomic E-state index is 0.145. The molecule has 3 aromatic rings. The lowest BCUT2D eigenvalue weighted by Gasteiger charge is -2.36. The molecule has 0 N–H and O–H groups in total. The van der Waals surface area contributed by atoms with Gasteiger partial charge in [-0.05, 0) is 36.1 Å². The maximum Gasteiger partial charge on any atom is 0.126 e. The topological polar surface area (TPSA) is 9.23 Å². The van der Waals surface area contributed by atoms with Gasteiger partial charge in [0.1, 0.15) is 5.75 Å². The van der Waals surface area contributed by atoms with Gasteiger partial charge in [-0.25, -0.2) is 0 Å². The van der Waals surface area contributed by atoms with Crippen LogP contribution in [-0.4, -0.2) is 7.11 Å². The zero-order valence-electron chi connectivity index (χ0n) is 14.7. The molecule has 0 saturated carbocycles. The average Bonchev–Trinajstić information content (AvgIpc) is 2.68. The number of rotatable bonds is 3. The van der Waals surface area contributed by atoms with Crippen LogP contribution < -0.4 is 4.74 Å². The fourth-order valence-electron chi connectivity index (χ4n) is 3.85. The molecule has 1 aliphatic carbocycles. The summed E-state index contributed by atoms with van der Waals surface area (Å²) in [6.45, 7) is 2.13. The van der Waals surface area contributed by atoms with E-state index in [2.05, 4.69) is 85.8 Å². The summed E-state index contributed by atoms with van der Waals surface area (Å²) >= 11 is 0. The zero-order chi connectivity index (χ0) is 17.3. The van der Waals surface area contributed by atoms with Gasteiger partial charge in [0, 0.05) is 11.0 Å². The van der Waals surface area contributed by atoms with Gasteiger partial charge in [0.15, 0.2) is 0 Å². The van der Waals surface area contributed by atoms with Gasteiger partial charge in [-0.3, -0.25) is 0 Å². The van der Waals surface area contributed by atoms with Crippen LogP contribution in [0.2, 0.25) is 0 Å². The van der Waals surface area contributed by atoms with Gasteiger partial charge in [-0.15, -0.1) is 0 Å². The largest absolute Gasteiger partial charge is 0.496 e. The number of hydrogen-bond donors (Lipinski definition) is 0. The van der Waals surface area contributed by atoms with Crippen LogP contribution in [0.15, 0.2) is 78.9 Å². The van der Waals surface area contributed by atoms with Crippen molar-refractivity contribution in [3.63, 3.8) is 0 Å². The molecule has 0 aliphatic heterocycles. The summed E-state index contributed by atoms with van der Waals surface area (Å²) in [6, 6.07) is 26.1. The average molecular weight is 326 g/mol. The van der Waals surface area contributed by atoms with Crippen LogP contribution >= 0.6 is 0 Å². The normalized spacial score (nSPS) is 18.6. The van der Waals surface area contributed by atoms with Gasteiger partial charge in [0.05, 0.1) is 7.11 Å². The van der Waals surface area contributed by atoms with Crippen LogP contribution in [0.3, 0.4) is 0 Å². The molecule has 1 unspecified atom stereocenters. The third-order valence-corrected chi connectivity index (χ3v) is 5.24. The molecule has 25 heavy (non-hydrogen) atoms. The van der Waals surface area contributed by atoms with E-state index < -0.39 is 0 Å². The van der Waals surface area contributed by atoms with E-state index in [4.69, 9.17) is 4.74 Å². The maximum absolute atomic E-state index is 5.56. The van der Waals surface area contributed by atoms with E-state index in [1.807, 2.05) is 6.07 Å². The third kappa shape index (κ3) is 2.66.